The van der Waals surface area contributed by atoms with Crippen LogP contribution in [-0.2, 0) is 17.3 Å². The predicted molar refractivity (Wildman–Crippen MR) is 274 cm³/mol. The van der Waals surface area contributed by atoms with Gasteiger partial charge in [0.05, 0.1) is 28.0 Å². The summed E-state index contributed by atoms with van der Waals surface area (Å²) in [4.78, 5) is 9.98. The first-order valence-electron chi connectivity index (χ1n) is 31.7. The molecule has 0 fully saturated rings. The summed E-state index contributed by atoms with van der Waals surface area (Å²) in [5.41, 5.74) is -3.86. The van der Waals surface area contributed by atoms with Gasteiger partial charge in [-0.15, -0.1) is 0 Å². The highest BCUT2D eigenvalue weighted by Crippen LogP contribution is 2.46. The number of fused-ring (bicyclic) bond motifs is 1. The van der Waals surface area contributed by atoms with Crippen LogP contribution < -0.4 is 0 Å². The number of pyridine rings is 1. The van der Waals surface area contributed by atoms with Crippen molar-refractivity contribution in [2.75, 3.05) is 0 Å². The molecule has 0 saturated carbocycles. The van der Waals surface area contributed by atoms with Crippen LogP contribution in [0.2, 0.25) is 0 Å². The Balaban J connectivity index is 1.47. The molecule has 0 atom stereocenters. The monoisotopic (exact) mass is 871 g/mol. The van der Waals surface area contributed by atoms with E-state index in [-0.39, 0.29) is 28.6 Å². The Morgan fingerprint density at radius 3 is 1.97 bits per heavy atom. The fourth-order valence-corrected chi connectivity index (χ4v) is 8.45. The second kappa shape index (κ2) is 17.2. The molecule has 0 saturated heterocycles. The molecule has 9 rings (SSSR count). The lowest BCUT2D eigenvalue weighted by Crippen LogP contribution is -2.17. The van der Waals surface area contributed by atoms with Crippen LogP contribution in [-0.4, -0.2) is 19.6 Å². The van der Waals surface area contributed by atoms with Gasteiger partial charge in [-0.2, -0.15) is 0 Å². The molecular formula is C61H59N3O. The van der Waals surface area contributed by atoms with Gasteiger partial charge in [-0.3, -0.25) is 9.55 Å². The van der Waals surface area contributed by atoms with E-state index in [0.29, 0.717) is 62.8 Å². The van der Waals surface area contributed by atoms with Crippen LogP contribution in [0.3, 0.4) is 0 Å². The molecule has 7 aromatic carbocycles. The molecule has 0 unspecified atom stereocenters. The minimum atomic E-state index is -4.16. The first kappa shape index (κ1) is 24.9. The molecular weight excluding hydrogens is 791 g/mol. The molecule has 1 N–H and O–H groups in total. The van der Waals surface area contributed by atoms with E-state index in [4.69, 9.17) is 38.8 Å². The van der Waals surface area contributed by atoms with Crippen molar-refractivity contribution in [2.24, 2.45) is 5.92 Å². The second-order valence-corrected chi connectivity index (χ2v) is 16.9. The zero-order valence-corrected chi connectivity index (χ0v) is 35.7. The molecule has 9 aromatic rings. The number of rotatable bonds is 9. The summed E-state index contributed by atoms with van der Waals surface area (Å²) in [5.74, 6) is -1.65. The van der Waals surface area contributed by atoms with E-state index in [1.165, 1.54) is 4.57 Å². The van der Waals surface area contributed by atoms with Crippen LogP contribution in [0.4, 0.5) is 0 Å². The number of para-hydroxylation sites is 1. The van der Waals surface area contributed by atoms with E-state index < -0.39 is 87.1 Å². The molecule has 0 amide bonds. The van der Waals surface area contributed by atoms with Crippen LogP contribution in [0.5, 0.6) is 5.75 Å². The van der Waals surface area contributed by atoms with Gasteiger partial charge >= 0.3 is 0 Å². The summed E-state index contributed by atoms with van der Waals surface area (Å²) in [7, 11) is 0. The number of phenols is 1. The Bertz CT molecular complexity index is 3890. The van der Waals surface area contributed by atoms with Crippen molar-refractivity contribution >= 4 is 11.0 Å². The van der Waals surface area contributed by atoms with Gasteiger partial charge in [0, 0.05) is 57.2 Å². The Morgan fingerprint density at radius 1 is 0.569 bits per heavy atom. The fraction of sp³-hybridized carbons (Fsp3) is 0.213. The van der Waals surface area contributed by atoms with Crippen LogP contribution in [0.1, 0.15) is 106 Å². The van der Waals surface area contributed by atoms with Crippen molar-refractivity contribution in [3.05, 3.63) is 192 Å². The predicted octanol–water partition coefficient (Wildman–Crippen LogP) is 16.2. The standard InChI is InChI=1S/C61H59N3O/c1-39(2)31-41-25-28-55(51(32-41)44-19-14-11-15-20-44)64-56-22-16-21-50(57(56)63-59(64)52-37-49(60(4,5)6)38-53(58(52)65)61(7,8)9)47-33-46(42-17-12-10-13-18-42)34-48(35-47)54-36-45(29-30-62-54)43-26-23-40(3)24-27-43/h10-30,32-39,65H,31H2,1-9H3/i3D3,4D3,5D3,6D3,7D3,8D3,9D3. The highest BCUT2D eigenvalue weighted by Gasteiger charge is 2.29. The topological polar surface area (TPSA) is 50.9 Å². The molecule has 0 aliphatic rings. The van der Waals surface area contributed by atoms with Crippen LogP contribution in [0.15, 0.2) is 170 Å². The molecule has 2 heterocycles. The number of aromatic nitrogens is 3. The molecule has 4 nitrogen and oxygen atoms in total. The minimum absolute atomic E-state index is 0.133. The lowest BCUT2D eigenvalue weighted by molar-refractivity contribution is 0.446. The van der Waals surface area contributed by atoms with Gasteiger partial charge < -0.3 is 5.11 Å². The maximum absolute atomic E-state index is 13.1. The number of aryl methyl sites for hydroxylation is 1. The van der Waals surface area contributed by atoms with Crippen LogP contribution in [0, 0.1) is 12.8 Å². The number of hydrogen-bond donors (Lipinski definition) is 1. The first-order valence-corrected chi connectivity index (χ1v) is 21.2. The Labute approximate surface area is 414 Å². The third kappa shape index (κ3) is 8.78. The molecule has 324 valence electrons. The highest BCUT2D eigenvalue weighted by molar-refractivity contribution is 5.98. The van der Waals surface area contributed by atoms with Crippen molar-refractivity contribution in [2.45, 2.75) is 79.1 Å². The van der Waals surface area contributed by atoms with Crippen molar-refractivity contribution in [3.63, 3.8) is 0 Å². The number of nitrogens with zero attached hydrogens (tertiary/aromatic N) is 3. The van der Waals surface area contributed by atoms with Crippen LogP contribution in [0.25, 0.3) is 83.9 Å². The summed E-state index contributed by atoms with van der Waals surface area (Å²) in [6, 6.07) is 45.9. The van der Waals surface area contributed by atoms with Crippen molar-refractivity contribution in [1.82, 2.24) is 14.5 Å². The van der Waals surface area contributed by atoms with Gasteiger partial charge in [0.15, 0.2) is 0 Å². The van der Waals surface area contributed by atoms with E-state index in [2.05, 4.69) is 0 Å². The van der Waals surface area contributed by atoms with Gasteiger partial charge in [-0.1, -0.05) is 170 Å². The first-order chi connectivity index (χ1) is 39.8. The number of hydrogen-bond acceptors (Lipinski definition) is 3. The maximum Gasteiger partial charge on any atom is 0.149 e. The normalized spacial score (nSPS) is 18.2. The van der Waals surface area contributed by atoms with E-state index in [0.717, 1.165) is 16.7 Å². The molecule has 0 aliphatic carbocycles. The molecule has 65 heavy (non-hydrogen) atoms. The Hall–Kier alpha value is -7.04. The second-order valence-electron chi connectivity index (χ2n) is 16.9. The number of benzene rings is 7. The lowest BCUT2D eigenvalue weighted by atomic mass is 9.79. The van der Waals surface area contributed by atoms with Crippen LogP contribution >= 0.6 is 0 Å². The third-order valence-electron chi connectivity index (χ3n) is 11.5. The Kier molecular flexibility index (Phi) is 6.56. The molecule has 2 aromatic heterocycles. The number of aromatic hydroxyl groups is 1. The number of phenolic OH excluding ortho intramolecular Hbond substituents is 1. The Morgan fingerprint density at radius 2 is 1.26 bits per heavy atom. The smallest absolute Gasteiger partial charge is 0.149 e. The molecule has 4 heteroatoms. The number of imidazole rings is 1. The summed E-state index contributed by atoms with van der Waals surface area (Å²) in [5, 5.41) is 13.1. The maximum atomic E-state index is 13.1. The summed E-state index contributed by atoms with van der Waals surface area (Å²) in [6.07, 6.45) is 2.22. The summed E-state index contributed by atoms with van der Waals surface area (Å²) in [6.45, 7) is -22.9. The largest absolute Gasteiger partial charge is 0.507 e. The molecule has 0 radical (unpaired) electrons. The highest BCUT2D eigenvalue weighted by atomic mass is 16.3. The van der Waals surface area contributed by atoms with Crippen molar-refractivity contribution < 1.29 is 33.9 Å². The van der Waals surface area contributed by atoms with E-state index in [1.54, 1.807) is 79.0 Å². The zero-order valence-electron chi connectivity index (χ0n) is 56.7. The zero-order chi connectivity index (χ0) is 63.1. The molecule has 0 bridgehead atoms. The fourth-order valence-electron chi connectivity index (χ4n) is 8.45. The molecule has 0 aliphatic heterocycles. The van der Waals surface area contributed by atoms with Gasteiger partial charge in [0.2, 0.25) is 0 Å². The van der Waals surface area contributed by atoms with Crippen molar-refractivity contribution in [1.29, 1.82) is 0 Å². The van der Waals surface area contributed by atoms with E-state index >= 15 is 0 Å². The summed E-state index contributed by atoms with van der Waals surface area (Å²) < 4.78 is 184. The average Bonchev–Trinajstić information content (AvgIpc) is 0.838. The summed E-state index contributed by atoms with van der Waals surface area (Å²) >= 11 is 0. The minimum Gasteiger partial charge on any atom is -0.507 e. The molecule has 0 spiro atoms. The average molecular weight is 871 g/mol. The van der Waals surface area contributed by atoms with E-state index in [9.17, 15) is 5.11 Å². The van der Waals surface area contributed by atoms with Gasteiger partial charge in [0.1, 0.15) is 11.6 Å². The van der Waals surface area contributed by atoms with Crippen molar-refractivity contribution in [3.8, 4) is 78.6 Å². The van der Waals surface area contributed by atoms with Gasteiger partial charge in [-0.25, -0.2) is 4.98 Å². The van der Waals surface area contributed by atoms with E-state index in [1.807, 2.05) is 92.7 Å². The van der Waals surface area contributed by atoms with Gasteiger partial charge in [-0.05, 0) is 129 Å². The van der Waals surface area contributed by atoms with Gasteiger partial charge in [0.25, 0.3) is 0 Å². The quantitative estimate of drug-likeness (QED) is 0.157. The third-order valence-corrected chi connectivity index (χ3v) is 11.5. The lowest BCUT2D eigenvalue weighted by Gasteiger charge is -2.27. The SMILES string of the molecule is [2H]C([2H])([2H])c1ccc(-c2ccnc(-c3cc(-c4ccccc4)cc(-c4cccc5c4nc(-c4cc(C(C([2H])([2H])[2H])(C([2H])([2H])[2H])C([2H])([2H])[2H])cc(C(C([2H])([2H])[2H])(C([2H])([2H])[2H])C([2H])([2H])[2H])c4O)n5-c4ccc(CC(C)C)cc4-c4ccccc4)c3)c2)cc1.